The molecule has 2 fully saturated rings. The van der Waals surface area contributed by atoms with E-state index in [2.05, 4.69) is 11.8 Å². The fourth-order valence-electron chi connectivity index (χ4n) is 3.94. The van der Waals surface area contributed by atoms with Gasteiger partial charge in [0.2, 0.25) is 0 Å². The molecule has 0 aliphatic carbocycles. The van der Waals surface area contributed by atoms with E-state index < -0.39 is 0 Å². The molecule has 2 aromatic heterocycles. The van der Waals surface area contributed by atoms with E-state index in [4.69, 9.17) is 17.2 Å². The lowest BCUT2D eigenvalue weighted by molar-refractivity contribution is -0.122. The van der Waals surface area contributed by atoms with E-state index in [-0.39, 0.29) is 11.5 Å². The van der Waals surface area contributed by atoms with Crippen LogP contribution in [0.1, 0.15) is 44.2 Å². The first-order chi connectivity index (χ1) is 14.4. The van der Waals surface area contributed by atoms with Crippen LogP contribution in [0.5, 0.6) is 0 Å². The van der Waals surface area contributed by atoms with Crippen LogP contribution in [0.4, 0.5) is 5.82 Å². The van der Waals surface area contributed by atoms with Crippen LogP contribution in [0.15, 0.2) is 28.0 Å². The van der Waals surface area contributed by atoms with Crippen molar-refractivity contribution in [2.24, 2.45) is 5.92 Å². The van der Waals surface area contributed by atoms with Crippen molar-refractivity contribution in [1.82, 2.24) is 14.3 Å². The number of piperidine rings is 1. The van der Waals surface area contributed by atoms with Crippen molar-refractivity contribution in [3.8, 4) is 0 Å². The van der Waals surface area contributed by atoms with Gasteiger partial charge in [0.05, 0.1) is 10.5 Å². The number of amides is 1. The maximum atomic E-state index is 13.5. The predicted octanol–water partition coefficient (Wildman–Crippen LogP) is 3.85. The van der Waals surface area contributed by atoms with Crippen LogP contribution in [-0.2, 0) is 4.79 Å². The van der Waals surface area contributed by atoms with Crippen molar-refractivity contribution in [3.63, 3.8) is 0 Å². The summed E-state index contributed by atoms with van der Waals surface area (Å²) in [6.07, 6.45) is 6.39. The summed E-state index contributed by atoms with van der Waals surface area (Å²) in [5.41, 5.74) is 1.91. The minimum Gasteiger partial charge on any atom is -0.356 e. The first-order valence-electron chi connectivity index (χ1n) is 10.4. The molecule has 2 aromatic rings. The highest BCUT2D eigenvalue weighted by atomic mass is 32.2. The number of thioether (sulfide) groups is 1. The summed E-state index contributed by atoms with van der Waals surface area (Å²) in [5, 5.41) is 0. The third kappa shape index (κ3) is 3.78. The molecule has 2 aliphatic heterocycles. The average Bonchev–Trinajstić information content (AvgIpc) is 2.99. The molecular formula is C22H26N4O2S2. The zero-order valence-corrected chi connectivity index (χ0v) is 19.2. The number of carbonyl (C=O) groups excluding carboxylic acids is 1. The van der Waals surface area contributed by atoms with Crippen LogP contribution in [0.3, 0.4) is 0 Å². The Morgan fingerprint density at radius 2 is 2.03 bits per heavy atom. The number of pyridine rings is 1. The number of fused-ring (bicyclic) bond motifs is 1. The molecule has 0 radical (unpaired) electrons. The number of rotatable bonds is 4. The van der Waals surface area contributed by atoms with Crippen molar-refractivity contribution in [1.29, 1.82) is 0 Å². The quantitative estimate of drug-likeness (QED) is 0.530. The minimum absolute atomic E-state index is 0.126. The highest BCUT2D eigenvalue weighted by Crippen LogP contribution is 2.34. The molecule has 8 heteroatoms. The van der Waals surface area contributed by atoms with Gasteiger partial charge in [-0.3, -0.25) is 18.9 Å². The molecule has 0 N–H and O–H groups in total. The Hall–Kier alpha value is -2.19. The zero-order valence-electron chi connectivity index (χ0n) is 17.6. The molecule has 1 amide bonds. The van der Waals surface area contributed by atoms with Crippen molar-refractivity contribution in [2.45, 2.75) is 40.0 Å². The monoisotopic (exact) mass is 442 g/mol. The van der Waals surface area contributed by atoms with Crippen LogP contribution in [-0.4, -0.2) is 44.1 Å². The van der Waals surface area contributed by atoms with Gasteiger partial charge < -0.3 is 4.90 Å². The third-order valence-corrected chi connectivity index (χ3v) is 7.12. The summed E-state index contributed by atoms with van der Waals surface area (Å²) in [6, 6.07) is 3.80. The van der Waals surface area contributed by atoms with E-state index in [9.17, 15) is 9.59 Å². The van der Waals surface area contributed by atoms with Gasteiger partial charge in [-0.15, -0.1) is 0 Å². The Balaban J connectivity index is 1.87. The van der Waals surface area contributed by atoms with Crippen LogP contribution in [0.25, 0.3) is 11.7 Å². The number of thiocarbonyl (C=S) groups is 1. The lowest BCUT2D eigenvalue weighted by Crippen LogP contribution is -2.36. The van der Waals surface area contributed by atoms with Crippen molar-refractivity contribution >= 4 is 51.7 Å². The Labute approximate surface area is 186 Å². The first kappa shape index (κ1) is 21.1. The molecule has 0 saturated carbocycles. The number of hydrogen-bond donors (Lipinski definition) is 0. The summed E-state index contributed by atoms with van der Waals surface area (Å²) in [4.78, 5) is 35.6. The summed E-state index contributed by atoms with van der Waals surface area (Å²) in [7, 11) is 0. The van der Waals surface area contributed by atoms with Crippen molar-refractivity contribution in [2.75, 3.05) is 24.5 Å². The second-order valence-corrected chi connectivity index (χ2v) is 9.72. The number of aryl methyl sites for hydroxylation is 1. The van der Waals surface area contributed by atoms with Gasteiger partial charge in [0.25, 0.3) is 11.5 Å². The van der Waals surface area contributed by atoms with Crippen molar-refractivity contribution < 1.29 is 4.79 Å². The molecule has 158 valence electrons. The Kier molecular flexibility index (Phi) is 5.97. The highest BCUT2D eigenvalue weighted by Gasteiger charge is 2.32. The molecule has 2 aliphatic rings. The average molecular weight is 443 g/mol. The van der Waals surface area contributed by atoms with Crippen molar-refractivity contribution in [3.05, 3.63) is 44.7 Å². The molecule has 2 saturated heterocycles. The van der Waals surface area contributed by atoms with Gasteiger partial charge in [-0.2, -0.15) is 0 Å². The number of aromatic nitrogens is 2. The predicted molar refractivity (Wildman–Crippen MR) is 127 cm³/mol. The van der Waals surface area contributed by atoms with Crippen LogP contribution in [0, 0.1) is 12.8 Å². The molecule has 0 aromatic carbocycles. The maximum absolute atomic E-state index is 13.5. The van der Waals surface area contributed by atoms with E-state index in [1.165, 1.54) is 11.8 Å². The second kappa shape index (κ2) is 8.51. The standard InChI is InChI=1S/C22H26N4O2S2/c1-4-9-26-21(28)17(30-22(26)29)13-16-19(24-11-7-14(2)8-12-24)23-18-15(3)6-5-10-25(18)20(16)27/h5-6,10,13-14H,4,7-9,11-12H2,1-3H3. The SMILES string of the molecule is CCCN1C(=O)C(=Cc2c(N3CCC(C)CC3)nc3c(C)cccn3c2=O)SC1=S. The Bertz CT molecular complexity index is 1100. The largest absolute Gasteiger partial charge is 0.356 e. The number of hydrogen-bond acceptors (Lipinski definition) is 6. The fourth-order valence-corrected chi connectivity index (χ4v) is 5.23. The van der Waals surface area contributed by atoms with Gasteiger partial charge in [-0.25, -0.2) is 4.98 Å². The first-order valence-corrected chi connectivity index (χ1v) is 11.7. The van der Waals surface area contributed by atoms with Gasteiger partial charge in [0.1, 0.15) is 15.8 Å². The zero-order chi connectivity index (χ0) is 21.4. The minimum atomic E-state index is -0.155. The third-order valence-electron chi connectivity index (χ3n) is 5.74. The molecule has 4 rings (SSSR count). The van der Waals surface area contributed by atoms with Gasteiger partial charge in [0, 0.05) is 25.8 Å². The molecule has 0 unspecified atom stereocenters. The smallest absolute Gasteiger partial charge is 0.267 e. The number of anilines is 1. The lowest BCUT2D eigenvalue weighted by Gasteiger charge is -2.32. The molecular weight excluding hydrogens is 416 g/mol. The molecule has 30 heavy (non-hydrogen) atoms. The molecule has 4 heterocycles. The van der Waals surface area contributed by atoms with Crippen LogP contribution in [0.2, 0.25) is 0 Å². The second-order valence-electron chi connectivity index (χ2n) is 8.04. The van der Waals surface area contributed by atoms with Gasteiger partial charge in [-0.1, -0.05) is 43.9 Å². The van der Waals surface area contributed by atoms with E-state index in [0.29, 0.717) is 38.7 Å². The van der Waals surface area contributed by atoms with E-state index in [0.717, 1.165) is 37.9 Å². The Morgan fingerprint density at radius 1 is 1.30 bits per heavy atom. The van der Waals surface area contributed by atoms with E-state index in [1.54, 1.807) is 21.6 Å². The number of carbonyl (C=O) groups is 1. The summed E-state index contributed by atoms with van der Waals surface area (Å²) >= 11 is 6.66. The topological polar surface area (TPSA) is 57.9 Å². The van der Waals surface area contributed by atoms with E-state index in [1.807, 2.05) is 26.0 Å². The number of nitrogens with zero attached hydrogens (tertiary/aromatic N) is 4. The van der Waals surface area contributed by atoms with Gasteiger partial charge in [0.15, 0.2) is 0 Å². The Morgan fingerprint density at radius 3 is 2.73 bits per heavy atom. The summed E-state index contributed by atoms with van der Waals surface area (Å²) in [6.45, 7) is 8.52. The van der Waals surface area contributed by atoms with Gasteiger partial charge in [-0.05, 0) is 49.8 Å². The van der Waals surface area contributed by atoms with Crippen LogP contribution >= 0.6 is 24.0 Å². The maximum Gasteiger partial charge on any atom is 0.267 e. The lowest BCUT2D eigenvalue weighted by atomic mass is 9.99. The summed E-state index contributed by atoms with van der Waals surface area (Å²) in [5.74, 6) is 1.21. The molecule has 6 nitrogen and oxygen atoms in total. The van der Waals surface area contributed by atoms with Crippen LogP contribution < -0.4 is 10.5 Å². The molecule has 0 atom stereocenters. The van der Waals surface area contributed by atoms with E-state index >= 15 is 0 Å². The normalized spacial score (nSPS) is 19.5. The molecule has 0 spiro atoms. The van der Waals surface area contributed by atoms with Gasteiger partial charge >= 0.3 is 0 Å². The fraction of sp³-hybridized carbons (Fsp3) is 0.455. The summed E-state index contributed by atoms with van der Waals surface area (Å²) < 4.78 is 2.12. The highest BCUT2D eigenvalue weighted by molar-refractivity contribution is 8.26. The molecule has 0 bridgehead atoms.